The number of halogens is 2. The standard InChI is InChI=1S/C6H6Br2N2O/c1-3(11)5-6(8)9-2-4(7)10-5/h2-3,11H,1H3. The van der Waals surface area contributed by atoms with Gasteiger partial charge in [0.25, 0.3) is 0 Å². The highest BCUT2D eigenvalue weighted by molar-refractivity contribution is 9.10. The minimum atomic E-state index is -0.602. The second-order valence-electron chi connectivity index (χ2n) is 2.04. The van der Waals surface area contributed by atoms with Crippen molar-refractivity contribution < 1.29 is 5.11 Å². The van der Waals surface area contributed by atoms with Gasteiger partial charge < -0.3 is 5.11 Å². The van der Waals surface area contributed by atoms with E-state index in [0.717, 1.165) is 0 Å². The molecule has 11 heavy (non-hydrogen) atoms. The van der Waals surface area contributed by atoms with E-state index in [9.17, 15) is 5.11 Å². The highest BCUT2D eigenvalue weighted by Gasteiger charge is 2.08. The molecule has 0 aliphatic heterocycles. The van der Waals surface area contributed by atoms with Gasteiger partial charge in [-0.1, -0.05) is 0 Å². The number of aromatic nitrogens is 2. The second kappa shape index (κ2) is 3.60. The Hall–Kier alpha value is -0.0000000000000000555. The van der Waals surface area contributed by atoms with Crippen molar-refractivity contribution in [3.8, 4) is 0 Å². The van der Waals surface area contributed by atoms with Crippen LogP contribution < -0.4 is 0 Å². The van der Waals surface area contributed by atoms with Gasteiger partial charge in [0.2, 0.25) is 0 Å². The van der Waals surface area contributed by atoms with Gasteiger partial charge in [-0.25, -0.2) is 9.97 Å². The van der Waals surface area contributed by atoms with E-state index in [0.29, 0.717) is 14.9 Å². The Morgan fingerprint density at radius 2 is 2.18 bits per heavy atom. The average Bonchev–Trinajstić information content (AvgIpc) is 1.94. The molecular formula is C6H6Br2N2O. The Labute approximate surface area is 81.1 Å². The average molecular weight is 282 g/mol. The first-order chi connectivity index (χ1) is 5.11. The number of aliphatic hydroxyl groups excluding tert-OH is 1. The molecule has 0 fully saturated rings. The van der Waals surface area contributed by atoms with Gasteiger partial charge in [0, 0.05) is 0 Å². The number of rotatable bonds is 1. The Morgan fingerprint density at radius 1 is 1.55 bits per heavy atom. The Bertz CT molecular complexity index is 265. The lowest BCUT2D eigenvalue weighted by Gasteiger charge is -2.04. The highest BCUT2D eigenvalue weighted by Crippen LogP contribution is 2.20. The van der Waals surface area contributed by atoms with Crippen LogP contribution in [-0.2, 0) is 0 Å². The van der Waals surface area contributed by atoms with Crippen LogP contribution in [0.5, 0.6) is 0 Å². The molecule has 1 aromatic rings. The van der Waals surface area contributed by atoms with E-state index < -0.39 is 6.10 Å². The molecule has 0 aliphatic rings. The molecule has 1 N–H and O–H groups in total. The third-order valence-corrected chi connectivity index (χ3v) is 2.11. The van der Waals surface area contributed by atoms with Gasteiger partial charge in [-0.15, -0.1) is 0 Å². The normalized spacial score (nSPS) is 13.1. The summed E-state index contributed by atoms with van der Waals surface area (Å²) in [6.45, 7) is 1.64. The topological polar surface area (TPSA) is 46.0 Å². The fourth-order valence-electron chi connectivity index (χ4n) is 0.632. The molecule has 1 heterocycles. The first kappa shape index (κ1) is 9.09. The molecule has 0 saturated heterocycles. The highest BCUT2D eigenvalue weighted by atomic mass is 79.9. The quantitative estimate of drug-likeness (QED) is 0.857. The maximum Gasteiger partial charge on any atom is 0.130 e. The number of hydrogen-bond donors (Lipinski definition) is 1. The summed E-state index contributed by atoms with van der Waals surface area (Å²) >= 11 is 6.34. The number of aliphatic hydroxyl groups is 1. The largest absolute Gasteiger partial charge is 0.387 e. The van der Waals surface area contributed by atoms with Crippen LogP contribution in [0.15, 0.2) is 15.4 Å². The summed E-state index contributed by atoms with van der Waals surface area (Å²) in [6, 6.07) is 0. The molecule has 0 saturated carbocycles. The van der Waals surface area contributed by atoms with Crippen LogP contribution in [0.2, 0.25) is 0 Å². The monoisotopic (exact) mass is 280 g/mol. The lowest BCUT2D eigenvalue weighted by atomic mass is 10.3. The predicted molar refractivity (Wildman–Crippen MR) is 48.1 cm³/mol. The summed E-state index contributed by atoms with van der Waals surface area (Å²) in [5.41, 5.74) is 0.541. The summed E-state index contributed by atoms with van der Waals surface area (Å²) in [5.74, 6) is 0. The summed E-state index contributed by atoms with van der Waals surface area (Å²) in [7, 11) is 0. The zero-order chi connectivity index (χ0) is 8.43. The van der Waals surface area contributed by atoms with Gasteiger partial charge in [0.15, 0.2) is 0 Å². The minimum Gasteiger partial charge on any atom is -0.387 e. The third-order valence-electron chi connectivity index (χ3n) is 1.12. The Kier molecular flexibility index (Phi) is 2.98. The van der Waals surface area contributed by atoms with E-state index in [1.807, 2.05) is 0 Å². The molecular weight excluding hydrogens is 276 g/mol. The maximum absolute atomic E-state index is 9.18. The van der Waals surface area contributed by atoms with Crippen molar-refractivity contribution in [2.75, 3.05) is 0 Å². The molecule has 0 radical (unpaired) electrons. The van der Waals surface area contributed by atoms with Gasteiger partial charge in [-0.05, 0) is 38.8 Å². The van der Waals surface area contributed by atoms with Crippen molar-refractivity contribution in [1.82, 2.24) is 9.97 Å². The van der Waals surface area contributed by atoms with Gasteiger partial charge >= 0.3 is 0 Å². The number of hydrogen-bond acceptors (Lipinski definition) is 3. The lowest BCUT2D eigenvalue weighted by Crippen LogP contribution is -1.98. The maximum atomic E-state index is 9.18. The van der Waals surface area contributed by atoms with Crippen molar-refractivity contribution in [1.29, 1.82) is 0 Å². The van der Waals surface area contributed by atoms with Crippen molar-refractivity contribution in [3.05, 3.63) is 21.1 Å². The Balaban J connectivity index is 3.13. The molecule has 3 nitrogen and oxygen atoms in total. The molecule has 0 bridgehead atoms. The molecule has 0 aliphatic carbocycles. The van der Waals surface area contributed by atoms with Crippen LogP contribution in [0.1, 0.15) is 18.7 Å². The molecule has 60 valence electrons. The van der Waals surface area contributed by atoms with Crippen LogP contribution in [-0.4, -0.2) is 15.1 Å². The SMILES string of the molecule is CC(O)c1nc(Br)cnc1Br. The van der Waals surface area contributed by atoms with E-state index in [2.05, 4.69) is 41.8 Å². The molecule has 0 spiro atoms. The van der Waals surface area contributed by atoms with E-state index in [1.54, 1.807) is 13.1 Å². The first-order valence-electron chi connectivity index (χ1n) is 2.97. The lowest BCUT2D eigenvalue weighted by molar-refractivity contribution is 0.192. The van der Waals surface area contributed by atoms with Crippen LogP contribution >= 0.6 is 31.9 Å². The fraction of sp³-hybridized carbons (Fsp3) is 0.333. The van der Waals surface area contributed by atoms with Gasteiger partial charge in [0.1, 0.15) is 14.9 Å². The molecule has 0 aromatic carbocycles. The van der Waals surface area contributed by atoms with Crippen molar-refractivity contribution >= 4 is 31.9 Å². The first-order valence-corrected chi connectivity index (χ1v) is 4.56. The minimum absolute atomic E-state index is 0.541. The zero-order valence-electron chi connectivity index (χ0n) is 5.75. The summed E-state index contributed by atoms with van der Waals surface area (Å²) < 4.78 is 1.20. The van der Waals surface area contributed by atoms with Crippen molar-refractivity contribution in [3.63, 3.8) is 0 Å². The molecule has 1 unspecified atom stereocenters. The predicted octanol–water partition coefficient (Wildman–Crippen LogP) is 2.05. The van der Waals surface area contributed by atoms with E-state index >= 15 is 0 Å². The second-order valence-corrected chi connectivity index (χ2v) is 3.61. The van der Waals surface area contributed by atoms with Crippen molar-refractivity contribution in [2.45, 2.75) is 13.0 Å². The fourth-order valence-corrected chi connectivity index (χ4v) is 1.45. The summed E-state index contributed by atoms with van der Waals surface area (Å²) in [4.78, 5) is 7.98. The summed E-state index contributed by atoms with van der Waals surface area (Å²) in [6.07, 6.45) is 0.963. The smallest absolute Gasteiger partial charge is 0.130 e. The molecule has 1 aromatic heterocycles. The van der Waals surface area contributed by atoms with Crippen LogP contribution in [0.3, 0.4) is 0 Å². The van der Waals surface area contributed by atoms with Gasteiger partial charge in [-0.2, -0.15) is 0 Å². The third kappa shape index (κ3) is 2.21. The van der Waals surface area contributed by atoms with Crippen LogP contribution in [0.25, 0.3) is 0 Å². The van der Waals surface area contributed by atoms with E-state index in [1.165, 1.54) is 0 Å². The van der Waals surface area contributed by atoms with E-state index in [4.69, 9.17) is 0 Å². The number of nitrogens with zero attached hydrogens (tertiary/aromatic N) is 2. The molecule has 1 atom stereocenters. The molecule has 5 heteroatoms. The molecule has 1 rings (SSSR count). The molecule has 0 amide bonds. The van der Waals surface area contributed by atoms with E-state index in [-0.39, 0.29) is 0 Å². The Morgan fingerprint density at radius 3 is 2.64 bits per heavy atom. The van der Waals surface area contributed by atoms with Crippen LogP contribution in [0.4, 0.5) is 0 Å². The summed E-state index contributed by atoms with van der Waals surface area (Å²) in [5, 5.41) is 9.18. The van der Waals surface area contributed by atoms with Crippen molar-refractivity contribution in [2.24, 2.45) is 0 Å². The van der Waals surface area contributed by atoms with Gasteiger partial charge in [0.05, 0.1) is 12.3 Å². The zero-order valence-corrected chi connectivity index (χ0v) is 8.92. The van der Waals surface area contributed by atoms with Crippen LogP contribution in [0, 0.1) is 0 Å². The van der Waals surface area contributed by atoms with Gasteiger partial charge in [-0.3, -0.25) is 0 Å².